The standard InChI is InChI=1S/C26H44O2/c1-3-4-5-6-7-8-9-10-11-12-13-15-18-24(2)21-22-26(27)28-23-25-19-16-14-17-20-25/h14,16-17,19-20,24H,3-13,15,18,21-23H2,1-2H3. The highest BCUT2D eigenvalue weighted by atomic mass is 16.5. The van der Waals surface area contributed by atoms with Gasteiger partial charge in [0.05, 0.1) is 0 Å². The lowest BCUT2D eigenvalue weighted by molar-refractivity contribution is -0.145. The van der Waals surface area contributed by atoms with Crippen LogP contribution in [-0.4, -0.2) is 5.97 Å². The van der Waals surface area contributed by atoms with Gasteiger partial charge in [0.1, 0.15) is 6.61 Å². The molecule has 0 aliphatic carbocycles. The summed E-state index contributed by atoms with van der Waals surface area (Å²) in [6, 6.07) is 9.90. The molecule has 0 radical (unpaired) electrons. The van der Waals surface area contributed by atoms with Crippen LogP contribution in [0.2, 0.25) is 0 Å². The number of hydrogen-bond donors (Lipinski definition) is 0. The molecule has 1 atom stereocenters. The molecule has 0 saturated carbocycles. The van der Waals surface area contributed by atoms with Crippen molar-refractivity contribution >= 4 is 5.97 Å². The smallest absolute Gasteiger partial charge is 0.306 e. The largest absolute Gasteiger partial charge is 0.461 e. The van der Waals surface area contributed by atoms with Gasteiger partial charge in [-0.05, 0) is 17.9 Å². The van der Waals surface area contributed by atoms with Gasteiger partial charge in [0.2, 0.25) is 0 Å². The van der Waals surface area contributed by atoms with E-state index in [0.29, 0.717) is 18.9 Å². The fourth-order valence-electron chi connectivity index (χ4n) is 3.65. The Balaban J connectivity index is 1.86. The zero-order valence-corrected chi connectivity index (χ0v) is 18.6. The van der Waals surface area contributed by atoms with Crippen LogP contribution in [0.4, 0.5) is 0 Å². The van der Waals surface area contributed by atoms with E-state index in [1.807, 2.05) is 30.3 Å². The molecule has 1 aromatic rings. The van der Waals surface area contributed by atoms with Crippen molar-refractivity contribution in [1.82, 2.24) is 0 Å². The van der Waals surface area contributed by atoms with Gasteiger partial charge in [-0.1, -0.05) is 128 Å². The summed E-state index contributed by atoms with van der Waals surface area (Å²) in [6.07, 6.45) is 19.5. The third-order valence-corrected chi connectivity index (χ3v) is 5.63. The summed E-state index contributed by atoms with van der Waals surface area (Å²) in [5.41, 5.74) is 1.06. The lowest BCUT2D eigenvalue weighted by Gasteiger charge is -2.11. The number of rotatable bonds is 18. The Morgan fingerprint density at radius 2 is 1.32 bits per heavy atom. The van der Waals surface area contributed by atoms with Crippen molar-refractivity contribution in [3.63, 3.8) is 0 Å². The lowest BCUT2D eigenvalue weighted by atomic mass is 9.97. The van der Waals surface area contributed by atoms with Gasteiger partial charge in [-0.3, -0.25) is 4.79 Å². The maximum Gasteiger partial charge on any atom is 0.306 e. The number of carbonyl (C=O) groups is 1. The van der Waals surface area contributed by atoms with Crippen LogP contribution in [0, 0.1) is 5.92 Å². The van der Waals surface area contributed by atoms with Gasteiger partial charge >= 0.3 is 5.97 Å². The number of ether oxygens (including phenoxy) is 1. The minimum atomic E-state index is -0.0644. The average molecular weight is 389 g/mol. The zero-order valence-electron chi connectivity index (χ0n) is 18.6. The molecule has 28 heavy (non-hydrogen) atoms. The SMILES string of the molecule is CCCCCCCCCCCCCCC(C)CCC(=O)OCc1ccccc1. The Kier molecular flexibility index (Phi) is 15.7. The fraction of sp³-hybridized carbons (Fsp3) is 0.731. The topological polar surface area (TPSA) is 26.3 Å². The van der Waals surface area contributed by atoms with Crippen LogP contribution >= 0.6 is 0 Å². The molecule has 1 rings (SSSR count). The Labute approximate surface area is 174 Å². The van der Waals surface area contributed by atoms with E-state index >= 15 is 0 Å². The summed E-state index contributed by atoms with van der Waals surface area (Å²) in [5, 5.41) is 0. The van der Waals surface area contributed by atoms with E-state index in [1.165, 1.54) is 83.5 Å². The summed E-state index contributed by atoms with van der Waals surface area (Å²) >= 11 is 0. The van der Waals surface area contributed by atoms with Gasteiger partial charge in [0.25, 0.3) is 0 Å². The summed E-state index contributed by atoms with van der Waals surface area (Å²) in [6.45, 7) is 4.94. The summed E-state index contributed by atoms with van der Waals surface area (Å²) in [4.78, 5) is 11.9. The number of esters is 1. The van der Waals surface area contributed by atoms with E-state index in [-0.39, 0.29) is 5.97 Å². The first-order valence-electron chi connectivity index (χ1n) is 11.9. The van der Waals surface area contributed by atoms with E-state index in [4.69, 9.17) is 4.74 Å². The van der Waals surface area contributed by atoms with Crippen molar-refractivity contribution in [2.24, 2.45) is 5.92 Å². The van der Waals surface area contributed by atoms with E-state index in [1.54, 1.807) is 0 Å². The number of hydrogen-bond acceptors (Lipinski definition) is 2. The van der Waals surface area contributed by atoms with Crippen LogP contribution in [0.1, 0.15) is 116 Å². The molecule has 160 valence electrons. The van der Waals surface area contributed by atoms with Crippen molar-refractivity contribution in [3.05, 3.63) is 35.9 Å². The molecule has 0 saturated heterocycles. The molecule has 0 heterocycles. The first-order chi connectivity index (χ1) is 13.7. The highest BCUT2D eigenvalue weighted by Gasteiger charge is 2.08. The number of carbonyl (C=O) groups excluding carboxylic acids is 1. The molecule has 1 unspecified atom stereocenters. The van der Waals surface area contributed by atoms with Gasteiger partial charge in [-0.25, -0.2) is 0 Å². The van der Waals surface area contributed by atoms with Gasteiger partial charge in [-0.15, -0.1) is 0 Å². The molecule has 0 aliphatic rings. The second-order valence-electron chi connectivity index (χ2n) is 8.47. The predicted molar refractivity (Wildman–Crippen MR) is 120 cm³/mol. The van der Waals surface area contributed by atoms with Crippen LogP contribution in [0.3, 0.4) is 0 Å². The molecule has 0 amide bonds. The number of benzene rings is 1. The van der Waals surface area contributed by atoms with Crippen LogP contribution in [-0.2, 0) is 16.1 Å². The second-order valence-corrected chi connectivity index (χ2v) is 8.47. The van der Waals surface area contributed by atoms with Gasteiger partial charge < -0.3 is 4.74 Å². The van der Waals surface area contributed by atoms with Crippen molar-refractivity contribution in [3.8, 4) is 0 Å². The highest BCUT2D eigenvalue weighted by Crippen LogP contribution is 2.17. The van der Waals surface area contributed by atoms with Gasteiger partial charge in [-0.2, -0.15) is 0 Å². The first-order valence-corrected chi connectivity index (χ1v) is 11.9. The Hall–Kier alpha value is -1.31. The second kappa shape index (κ2) is 17.8. The van der Waals surface area contributed by atoms with Crippen LogP contribution in [0.5, 0.6) is 0 Å². The fourth-order valence-corrected chi connectivity index (χ4v) is 3.65. The molecule has 0 aromatic heterocycles. The minimum Gasteiger partial charge on any atom is -0.461 e. The van der Waals surface area contributed by atoms with Crippen molar-refractivity contribution in [2.45, 2.75) is 117 Å². The van der Waals surface area contributed by atoms with E-state index in [0.717, 1.165) is 12.0 Å². The maximum absolute atomic E-state index is 11.9. The summed E-state index contributed by atoms with van der Waals surface area (Å²) in [7, 11) is 0. The number of unbranched alkanes of at least 4 members (excludes halogenated alkanes) is 11. The molecule has 2 heteroatoms. The van der Waals surface area contributed by atoms with Crippen LogP contribution in [0.25, 0.3) is 0 Å². The minimum absolute atomic E-state index is 0.0644. The van der Waals surface area contributed by atoms with Crippen LogP contribution < -0.4 is 0 Å². The molecule has 2 nitrogen and oxygen atoms in total. The average Bonchev–Trinajstić information content (AvgIpc) is 2.72. The zero-order chi connectivity index (χ0) is 20.3. The predicted octanol–water partition coefficient (Wildman–Crippen LogP) is 8.24. The third-order valence-electron chi connectivity index (χ3n) is 5.63. The van der Waals surface area contributed by atoms with E-state index in [9.17, 15) is 4.79 Å². The van der Waals surface area contributed by atoms with Crippen LogP contribution in [0.15, 0.2) is 30.3 Å². The molecular weight excluding hydrogens is 344 g/mol. The Morgan fingerprint density at radius 1 is 0.786 bits per heavy atom. The van der Waals surface area contributed by atoms with Gasteiger partial charge in [0.15, 0.2) is 0 Å². The molecule has 0 spiro atoms. The molecular formula is C26H44O2. The summed E-state index contributed by atoms with van der Waals surface area (Å²) in [5.74, 6) is 0.554. The molecule has 1 aromatic carbocycles. The monoisotopic (exact) mass is 388 g/mol. The Bertz CT molecular complexity index is 469. The first kappa shape index (κ1) is 24.7. The Morgan fingerprint density at radius 3 is 1.89 bits per heavy atom. The van der Waals surface area contributed by atoms with Gasteiger partial charge in [0, 0.05) is 6.42 Å². The summed E-state index contributed by atoms with van der Waals surface area (Å²) < 4.78 is 5.36. The van der Waals surface area contributed by atoms with Crippen molar-refractivity contribution in [1.29, 1.82) is 0 Å². The van der Waals surface area contributed by atoms with Crippen molar-refractivity contribution < 1.29 is 9.53 Å². The quantitative estimate of drug-likeness (QED) is 0.187. The van der Waals surface area contributed by atoms with E-state index in [2.05, 4.69) is 13.8 Å². The lowest BCUT2D eigenvalue weighted by Crippen LogP contribution is -2.07. The molecule has 0 aliphatic heterocycles. The van der Waals surface area contributed by atoms with E-state index < -0.39 is 0 Å². The third kappa shape index (κ3) is 14.7. The highest BCUT2D eigenvalue weighted by molar-refractivity contribution is 5.69. The van der Waals surface area contributed by atoms with Crippen molar-refractivity contribution in [2.75, 3.05) is 0 Å². The molecule has 0 bridgehead atoms. The maximum atomic E-state index is 11.9. The molecule has 0 N–H and O–H groups in total. The molecule has 0 fully saturated rings. The normalized spacial score (nSPS) is 12.1.